The summed E-state index contributed by atoms with van der Waals surface area (Å²) in [7, 11) is 0. The van der Waals surface area contributed by atoms with Gasteiger partial charge in [-0.05, 0) is 27.4 Å². The van der Waals surface area contributed by atoms with Crippen molar-refractivity contribution in [1.82, 2.24) is 4.98 Å². The summed E-state index contributed by atoms with van der Waals surface area (Å²) in [6.07, 6.45) is 1.49. The molecule has 1 rings (SSSR count). The van der Waals surface area contributed by atoms with Crippen LogP contribution in [0.2, 0.25) is 5.15 Å². The molecular weight excluding hydrogens is 305 g/mol. The molecule has 0 radical (unpaired) electrons. The van der Waals surface area contributed by atoms with E-state index in [1.54, 1.807) is 6.07 Å². The van der Waals surface area contributed by atoms with Crippen molar-refractivity contribution in [3.05, 3.63) is 21.9 Å². The Hall–Kier alpha value is -0.650. The fraction of sp³-hybridized carbons (Fsp3) is 0.455. The van der Waals surface area contributed by atoms with Crippen LogP contribution in [0.15, 0.2) is 16.7 Å². The maximum absolute atomic E-state index is 11.8. The molecule has 17 heavy (non-hydrogen) atoms. The number of aromatic nitrogens is 1. The highest BCUT2D eigenvalue weighted by Gasteiger charge is 2.27. The van der Waals surface area contributed by atoms with Crippen molar-refractivity contribution < 1.29 is 4.79 Å². The lowest BCUT2D eigenvalue weighted by atomic mass is 9.87. The molecule has 1 atom stereocenters. The summed E-state index contributed by atoms with van der Waals surface area (Å²) in [5, 5.41) is 3.05. The van der Waals surface area contributed by atoms with E-state index in [4.69, 9.17) is 17.3 Å². The van der Waals surface area contributed by atoms with Gasteiger partial charge in [0, 0.05) is 0 Å². The molecule has 0 spiro atoms. The number of nitrogens with one attached hydrogen (secondary N) is 1. The number of nitrogens with zero attached hydrogens (tertiary/aromatic N) is 1. The Morgan fingerprint density at radius 3 is 2.65 bits per heavy atom. The summed E-state index contributed by atoms with van der Waals surface area (Å²) < 4.78 is 0.626. The van der Waals surface area contributed by atoms with Crippen molar-refractivity contribution >= 4 is 39.1 Å². The number of anilines is 1. The van der Waals surface area contributed by atoms with Crippen molar-refractivity contribution in [2.75, 3.05) is 5.32 Å². The molecule has 0 saturated carbocycles. The van der Waals surface area contributed by atoms with E-state index in [0.717, 1.165) is 0 Å². The van der Waals surface area contributed by atoms with Gasteiger partial charge in [0.2, 0.25) is 5.91 Å². The van der Waals surface area contributed by atoms with Crippen molar-refractivity contribution in [2.45, 2.75) is 26.8 Å². The second kappa shape index (κ2) is 5.33. The Morgan fingerprint density at radius 2 is 2.18 bits per heavy atom. The molecule has 1 aromatic heterocycles. The highest BCUT2D eigenvalue weighted by atomic mass is 79.9. The smallest absolute Gasteiger partial charge is 0.241 e. The van der Waals surface area contributed by atoms with Gasteiger partial charge in [0.1, 0.15) is 5.15 Å². The maximum atomic E-state index is 11.8. The lowest BCUT2D eigenvalue weighted by Crippen LogP contribution is -2.45. The van der Waals surface area contributed by atoms with Crippen LogP contribution >= 0.6 is 27.5 Å². The fourth-order valence-electron chi connectivity index (χ4n) is 1.10. The van der Waals surface area contributed by atoms with Gasteiger partial charge in [-0.25, -0.2) is 4.98 Å². The Labute approximate surface area is 114 Å². The maximum Gasteiger partial charge on any atom is 0.241 e. The minimum atomic E-state index is -0.586. The molecule has 0 aliphatic carbocycles. The van der Waals surface area contributed by atoms with Crippen molar-refractivity contribution in [3.63, 3.8) is 0 Å². The molecular formula is C11H15BrClN3O. The van der Waals surface area contributed by atoms with E-state index in [-0.39, 0.29) is 11.3 Å². The SMILES string of the molecule is CC(C)(C)C(N)C(=O)Nc1cnc(Cl)c(Br)c1. The molecule has 94 valence electrons. The largest absolute Gasteiger partial charge is 0.323 e. The highest BCUT2D eigenvalue weighted by Crippen LogP contribution is 2.24. The molecule has 1 unspecified atom stereocenters. The molecule has 0 fully saturated rings. The number of carbonyl (C=O) groups is 1. The summed E-state index contributed by atoms with van der Waals surface area (Å²) in [5.41, 5.74) is 6.11. The molecule has 0 saturated heterocycles. The van der Waals surface area contributed by atoms with Crippen molar-refractivity contribution in [1.29, 1.82) is 0 Å². The molecule has 0 aliphatic rings. The van der Waals surface area contributed by atoms with E-state index in [9.17, 15) is 4.79 Å². The van der Waals surface area contributed by atoms with Crippen molar-refractivity contribution in [2.24, 2.45) is 11.1 Å². The first kappa shape index (κ1) is 14.4. The minimum absolute atomic E-state index is 0.242. The monoisotopic (exact) mass is 319 g/mol. The molecule has 3 N–H and O–H groups in total. The normalized spacial score (nSPS) is 13.3. The van der Waals surface area contributed by atoms with Crippen LogP contribution in [0.3, 0.4) is 0 Å². The van der Waals surface area contributed by atoms with E-state index in [1.807, 2.05) is 20.8 Å². The van der Waals surface area contributed by atoms with Crippen LogP contribution in [-0.4, -0.2) is 16.9 Å². The van der Waals surface area contributed by atoms with Gasteiger partial charge in [0.15, 0.2) is 0 Å². The van der Waals surface area contributed by atoms with Crippen molar-refractivity contribution in [3.8, 4) is 0 Å². The Morgan fingerprint density at radius 1 is 1.59 bits per heavy atom. The van der Waals surface area contributed by atoms with E-state index in [1.165, 1.54) is 6.20 Å². The predicted octanol–water partition coefficient (Wildman–Crippen LogP) is 2.81. The zero-order chi connectivity index (χ0) is 13.2. The summed E-state index contributed by atoms with van der Waals surface area (Å²) in [4.78, 5) is 15.8. The van der Waals surface area contributed by atoms with Gasteiger partial charge < -0.3 is 11.1 Å². The molecule has 1 amide bonds. The number of rotatable bonds is 2. The summed E-state index contributed by atoms with van der Waals surface area (Å²) in [6.45, 7) is 5.73. The van der Waals surface area contributed by atoms with E-state index < -0.39 is 6.04 Å². The predicted molar refractivity (Wildman–Crippen MR) is 73.0 cm³/mol. The third-order valence-electron chi connectivity index (χ3n) is 2.28. The number of nitrogens with two attached hydrogens (primary N) is 1. The average Bonchev–Trinajstić information content (AvgIpc) is 2.21. The first-order chi connectivity index (χ1) is 7.71. The van der Waals surface area contributed by atoms with Gasteiger partial charge in [0.05, 0.1) is 22.4 Å². The number of halogens is 2. The number of hydrogen-bond acceptors (Lipinski definition) is 3. The number of carbonyl (C=O) groups excluding carboxylic acids is 1. The minimum Gasteiger partial charge on any atom is -0.323 e. The quantitative estimate of drug-likeness (QED) is 0.823. The summed E-state index contributed by atoms with van der Waals surface area (Å²) >= 11 is 8.99. The molecule has 0 aromatic carbocycles. The first-order valence-electron chi connectivity index (χ1n) is 5.09. The highest BCUT2D eigenvalue weighted by molar-refractivity contribution is 9.10. The van der Waals surface area contributed by atoms with E-state index in [0.29, 0.717) is 15.3 Å². The molecule has 0 bridgehead atoms. The molecule has 1 aromatic rings. The number of hydrogen-bond donors (Lipinski definition) is 2. The van der Waals surface area contributed by atoms with Gasteiger partial charge in [-0.2, -0.15) is 0 Å². The summed E-state index contributed by atoms with van der Waals surface area (Å²) in [6, 6.07) is 1.10. The number of pyridine rings is 1. The third-order valence-corrected chi connectivity index (χ3v) is 3.41. The van der Waals surface area contributed by atoms with E-state index >= 15 is 0 Å². The van der Waals surface area contributed by atoms with Crippen LogP contribution in [0.1, 0.15) is 20.8 Å². The zero-order valence-electron chi connectivity index (χ0n) is 9.92. The van der Waals surface area contributed by atoms with Gasteiger partial charge in [-0.15, -0.1) is 0 Å². The van der Waals surface area contributed by atoms with Crippen LogP contribution < -0.4 is 11.1 Å². The lowest BCUT2D eigenvalue weighted by molar-refractivity contribution is -0.119. The second-order valence-electron chi connectivity index (χ2n) is 4.83. The Balaban J connectivity index is 2.78. The second-order valence-corrected chi connectivity index (χ2v) is 6.04. The Bertz CT molecular complexity index is 431. The van der Waals surface area contributed by atoms with Gasteiger partial charge in [-0.3, -0.25) is 4.79 Å². The first-order valence-corrected chi connectivity index (χ1v) is 6.26. The summed E-state index contributed by atoms with van der Waals surface area (Å²) in [5.74, 6) is -0.242. The lowest BCUT2D eigenvalue weighted by Gasteiger charge is -2.25. The van der Waals surface area contributed by atoms with Crippen LogP contribution in [0, 0.1) is 5.41 Å². The number of amides is 1. The molecule has 1 heterocycles. The van der Waals surface area contributed by atoms with Crippen LogP contribution in [0.5, 0.6) is 0 Å². The Kier molecular flexibility index (Phi) is 4.52. The standard InChI is InChI=1S/C11H15BrClN3O/c1-11(2,3)8(14)10(17)16-6-4-7(12)9(13)15-5-6/h4-5,8H,14H2,1-3H3,(H,16,17). The average molecular weight is 321 g/mol. The van der Waals surface area contributed by atoms with Gasteiger partial charge in [-0.1, -0.05) is 32.4 Å². The topological polar surface area (TPSA) is 68.0 Å². The van der Waals surface area contributed by atoms with E-state index in [2.05, 4.69) is 26.2 Å². The van der Waals surface area contributed by atoms with Crippen LogP contribution in [0.4, 0.5) is 5.69 Å². The third kappa shape index (κ3) is 3.94. The molecule has 4 nitrogen and oxygen atoms in total. The van der Waals surface area contributed by atoms with Crippen LogP contribution in [-0.2, 0) is 4.79 Å². The zero-order valence-corrected chi connectivity index (χ0v) is 12.3. The fourth-order valence-corrected chi connectivity index (χ4v) is 1.56. The van der Waals surface area contributed by atoms with Crippen LogP contribution in [0.25, 0.3) is 0 Å². The molecule has 6 heteroatoms. The van der Waals surface area contributed by atoms with Gasteiger partial charge >= 0.3 is 0 Å². The molecule has 0 aliphatic heterocycles. The van der Waals surface area contributed by atoms with Gasteiger partial charge in [0.25, 0.3) is 0 Å².